The molecule has 0 aliphatic carbocycles. The Bertz CT molecular complexity index is 80.5. The minimum absolute atomic E-state index is 0. The van der Waals surface area contributed by atoms with Gasteiger partial charge < -0.3 is 18.3 Å². The van der Waals surface area contributed by atoms with E-state index in [0.717, 1.165) is 12.8 Å². The molecule has 0 aromatic heterocycles. The molecule has 3 N–H and O–H groups in total. The zero-order valence-corrected chi connectivity index (χ0v) is 13.9. The zero-order valence-electron chi connectivity index (χ0n) is 10.8. The Kier molecular flexibility index (Phi) is 77.6. The average Bonchev–Trinajstić information content (AvgIpc) is 2.06. The van der Waals surface area contributed by atoms with Crippen molar-refractivity contribution < 1.29 is 61.3 Å². The maximum absolute atomic E-state index is 9.98. The van der Waals surface area contributed by atoms with Crippen LogP contribution in [0, 0.1) is 7.43 Å². The number of aliphatic hydroxyl groups is 1. The summed E-state index contributed by atoms with van der Waals surface area (Å²) in [6, 6.07) is 0. The molecular weight excluding hydrogens is 205 g/mol. The standard InChI is InChI=1S/C5H11NO.C2H6O.C2H6.CH3.K/c1-2-3-4-5(6)7;1-2-3;1-2;;/h2-4H2,1H3,(H2,6,7);3H,2H2,1H3;1-2H3;1H3;/q;;;-1;+1. The fourth-order valence-corrected chi connectivity index (χ4v) is 0.351. The summed E-state index contributed by atoms with van der Waals surface area (Å²) >= 11 is 0. The molecule has 1 amide bonds. The molecule has 0 aromatic carbocycles. The van der Waals surface area contributed by atoms with E-state index in [1.54, 1.807) is 6.92 Å². The smallest absolute Gasteiger partial charge is 0.397 e. The van der Waals surface area contributed by atoms with Crippen LogP contribution in [-0.2, 0) is 4.79 Å². The number of unbranched alkanes of at least 4 members (excludes halogenated alkanes) is 1. The normalized spacial score (nSPS) is 6.07. The molecule has 0 rings (SSSR count). The quantitative estimate of drug-likeness (QED) is 0.490. The summed E-state index contributed by atoms with van der Waals surface area (Å²) in [6.45, 7) is 7.96. The van der Waals surface area contributed by atoms with Crippen LogP contribution in [-0.4, -0.2) is 17.6 Å². The van der Waals surface area contributed by atoms with Crippen molar-refractivity contribution >= 4 is 5.91 Å². The van der Waals surface area contributed by atoms with Crippen molar-refractivity contribution in [3.8, 4) is 0 Å². The molecule has 0 atom stereocenters. The Labute approximate surface area is 132 Å². The molecule has 0 aliphatic rings. The molecule has 0 spiro atoms. The zero-order chi connectivity index (χ0) is 10.4. The predicted molar refractivity (Wildman–Crippen MR) is 59.2 cm³/mol. The molecule has 0 unspecified atom stereocenters. The number of amides is 1. The van der Waals surface area contributed by atoms with Gasteiger partial charge in [-0.25, -0.2) is 0 Å². The Morgan fingerprint density at radius 3 is 1.64 bits per heavy atom. The third kappa shape index (κ3) is 74.1. The Hall–Kier alpha value is 1.07. The van der Waals surface area contributed by atoms with Gasteiger partial charge >= 0.3 is 51.4 Å². The van der Waals surface area contributed by atoms with Gasteiger partial charge in [-0.05, 0) is 13.3 Å². The van der Waals surface area contributed by atoms with Gasteiger partial charge in [0, 0.05) is 13.0 Å². The summed E-state index contributed by atoms with van der Waals surface area (Å²) in [5.74, 6) is -0.193. The first kappa shape index (κ1) is 29.4. The van der Waals surface area contributed by atoms with E-state index in [4.69, 9.17) is 10.8 Å². The molecule has 0 radical (unpaired) electrons. The van der Waals surface area contributed by atoms with Crippen LogP contribution in [0.15, 0.2) is 0 Å². The first-order valence-corrected chi connectivity index (χ1v) is 4.58. The van der Waals surface area contributed by atoms with Crippen molar-refractivity contribution in [1.29, 1.82) is 0 Å². The fourth-order valence-electron chi connectivity index (χ4n) is 0.351. The van der Waals surface area contributed by atoms with Crippen molar-refractivity contribution in [2.75, 3.05) is 6.61 Å². The Balaban J connectivity index is -0.0000000337. The van der Waals surface area contributed by atoms with Gasteiger partial charge in [0.25, 0.3) is 0 Å². The van der Waals surface area contributed by atoms with E-state index < -0.39 is 0 Å². The van der Waals surface area contributed by atoms with E-state index in [1.165, 1.54) is 0 Å². The summed E-state index contributed by atoms with van der Waals surface area (Å²) in [5.41, 5.74) is 4.84. The predicted octanol–water partition coefficient (Wildman–Crippen LogP) is -0.859. The second kappa shape index (κ2) is 36.9. The number of rotatable bonds is 3. The number of carbonyl (C=O) groups is 1. The molecule has 84 valence electrons. The maximum atomic E-state index is 9.98. The second-order valence-corrected chi connectivity index (χ2v) is 1.89. The first-order valence-electron chi connectivity index (χ1n) is 4.58. The first-order chi connectivity index (χ1) is 5.68. The molecule has 0 saturated heterocycles. The third-order valence-corrected chi connectivity index (χ3v) is 0.777. The van der Waals surface area contributed by atoms with Crippen molar-refractivity contribution in [2.45, 2.75) is 47.0 Å². The van der Waals surface area contributed by atoms with Gasteiger partial charge in [-0.15, -0.1) is 0 Å². The topological polar surface area (TPSA) is 63.3 Å². The third-order valence-electron chi connectivity index (χ3n) is 0.777. The van der Waals surface area contributed by atoms with Gasteiger partial charge in [0.2, 0.25) is 5.91 Å². The minimum atomic E-state index is -0.193. The molecule has 4 heteroatoms. The Morgan fingerprint density at radius 2 is 1.57 bits per heavy atom. The number of primary amides is 1. The monoisotopic (exact) mass is 231 g/mol. The molecule has 0 heterocycles. The number of carbonyl (C=O) groups excluding carboxylic acids is 1. The summed E-state index contributed by atoms with van der Waals surface area (Å²) < 4.78 is 0. The molecule has 0 fully saturated rings. The minimum Gasteiger partial charge on any atom is -0.397 e. The number of nitrogens with two attached hydrogens (primary N) is 1. The van der Waals surface area contributed by atoms with E-state index in [9.17, 15) is 4.79 Å². The average molecular weight is 231 g/mol. The van der Waals surface area contributed by atoms with Crippen LogP contribution < -0.4 is 57.1 Å². The van der Waals surface area contributed by atoms with E-state index in [2.05, 4.69) is 0 Å². The number of aliphatic hydroxyl groups excluding tert-OH is 1. The summed E-state index contributed by atoms with van der Waals surface area (Å²) in [7, 11) is 0. The van der Waals surface area contributed by atoms with E-state index in [0.29, 0.717) is 6.42 Å². The van der Waals surface area contributed by atoms with Crippen LogP contribution in [0.4, 0.5) is 0 Å². The van der Waals surface area contributed by atoms with Crippen LogP contribution in [0.2, 0.25) is 0 Å². The van der Waals surface area contributed by atoms with Crippen LogP contribution >= 0.6 is 0 Å². The number of hydrogen-bond acceptors (Lipinski definition) is 2. The van der Waals surface area contributed by atoms with Crippen molar-refractivity contribution in [3.05, 3.63) is 7.43 Å². The van der Waals surface area contributed by atoms with Gasteiger partial charge in [-0.3, -0.25) is 4.79 Å². The van der Waals surface area contributed by atoms with Crippen LogP contribution in [0.5, 0.6) is 0 Å². The number of hydrogen-bond donors (Lipinski definition) is 2. The van der Waals surface area contributed by atoms with Crippen LogP contribution in [0.1, 0.15) is 47.0 Å². The largest absolute Gasteiger partial charge is 1.00 e. The van der Waals surface area contributed by atoms with Crippen LogP contribution in [0.25, 0.3) is 0 Å². The summed E-state index contributed by atoms with van der Waals surface area (Å²) in [6.07, 6.45) is 2.51. The van der Waals surface area contributed by atoms with Crippen molar-refractivity contribution in [1.82, 2.24) is 0 Å². The molecule has 0 saturated carbocycles. The fraction of sp³-hybridized carbons (Fsp3) is 0.800. The van der Waals surface area contributed by atoms with Gasteiger partial charge in [0.15, 0.2) is 0 Å². The molecule has 3 nitrogen and oxygen atoms in total. The van der Waals surface area contributed by atoms with Gasteiger partial charge in [-0.1, -0.05) is 27.2 Å². The summed E-state index contributed by atoms with van der Waals surface area (Å²) in [4.78, 5) is 9.98. The van der Waals surface area contributed by atoms with E-state index in [1.807, 2.05) is 20.8 Å². The SMILES string of the molecule is CC.CCCCC(N)=O.CCO.[CH3-].[K+]. The molecule has 0 bridgehead atoms. The molecule has 0 aromatic rings. The molecular formula is C10H26KNO2. The van der Waals surface area contributed by atoms with Crippen LogP contribution in [0.3, 0.4) is 0 Å². The second-order valence-electron chi connectivity index (χ2n) is 1.89. The maximum Gasteiger partial charge on any atom is 1.00 e. The van der Waals surface area contributed by atoms with Gasteiger partial charge in [0.1, 0.15) is 0 Å². The van der Waals surface area contributed by atoms with Gasteiger partial charge in [-0.2, -0.15) is 0 Å². The van der Waals surface area contributed by atoms with Crippen molar-refractivity contribution in [3.63, 3.8) is 0 Å². The summed E-state index contributed by atoms with van der Waals surface area (Å²) in [5, 5.41) is 7.57. The van der Waals surface area contributed by atoms with E-state index >= 15 is 0 Å². The molecule has 0 aliphatic heterocycles. The van der Waals surface area contributed by atoms with E-state index in [-0.39, 0.29) is 71.3 Å². The van der Waals surface area contributed by atoms with Crippen molar-refractivity contribution in [2.24, 2.45) is 5.73 Å². The Morgan fingerprint density at radius 1 is 1.29 bits per heavy atom. The molecule has 14 heavy (non-hydrogen) atoms. The van der Waals surface area contributed by atoms with Gasteiger partial charge in [0.05, 0.1) is 0 Å².